The summed E-state index contributed by atoms with van der Waals surface area (Å²) < 4.78 is 0. The minimum absolute atomic E-state index is 0.00122. The average Bonchev–Trinajstić information content (AvgIpc) is 2.56. The number of nitrogens with one attached hydrogen (secondary N) is 2. The topological polar surface area (TPSA) is 41.1 Å². The number of alkyl halides is 1. The van der Waals surface area contributed by atoms with Gasteiger partial charge in [-0.15, -0.1) is 11.6 Å². The van der Waals surface area contributed by atoms with Gasteiger partial charge in [-0.1, -0.05) is 48.5 Å². The van der Waals surface area contributed by atoms with Gasteiger partial charge in [0.2, 0.25) is 5.91 Å². The van der Waals surface area contributed by atoms with Gasteiger partial charge in [-0.2, -0.15) is 0 Å². The standard InChI is InChI=1S/C18H21ClN2O/c1-14-7-5-6-10-16(14)21-17(11-12-20-18(22)13-19)15-8-3-2-4-9-15/h2-10,17,21H,11-13H2,1H3,(H,20,22). The van der Waals surface area contributed by atoms with Crippen LogP contribution in [0.25, 0.3) is 0 Å². The molecule has 2 aromatic rings. The third kappa shape index (κ3) is 4.78. The molecule has 3 nitrogen and oxygen atoms in total. The third-order valence-electron chi connectivity index (χ3n) is 3.55. The van der Waals surface area contributed by atoms with E-state index in [0.717, 1.165) is 12.1 Å². The van der Waals surface area contributed by atoms with Crippen molar-refractivity contribution in [2.75, 3.05) is 17.7 Å². The van der Waals surface area contributed by atoms with Gasteiger partial charge in [-0.3, -0.25) is 4.79 Å². The number of hydrogen-bond acceptors (Lipinski definition) is 2. The van der Waals surface area contributed by atoms with Gasteiger partial charge in [-0.25, -0.2) is 0 Å². The lowest BCUT2D eigenvalue weighted by atomic mass is 10.0. The average molecular weight is 317 g/mol. The zero-order chi connectivity index (χ0) is 15.8. The number of aryl methyl sites for hydroxylation is 1. The Kier molecular flexibility index (Phi) is 6.28. The highest BCUT2D eigenvalue weighted by Gasteiger charge is 2.12. The van der Waals surface area contributed by atoms with Crippen molar-refractivity contribution in [3.8, 4) is 0 Å². The van der Waals surface area contributed by atoms with Crippen molar-refractivity contribution in [2.45, 2.75) is 19.4 Å². The molecule has 0 aliphatic rings. The SMILES string of the molecule is Cc1ccccc1NC(CCNC(=O)CCl)c1ccccc1. The Bertz CT molecular complexity index is 601. The fraction of sp³-hybridized carbons (Fsp3) is 0.278. The number of para-hydroxylation sites is 1. The summed E-state index contributed by atoms with van der Waals surface area (Å²) in [6.07, 6.45) is 0.793. The van der Waals surface area contributed by atoms with Crippen LogP contribution in [0.2, 0.25) is 0 Å². The van der Waals surface area contributed by atoms with Crippen LogP contribution in [0.1, 0.15) is 23.6 Å². The Hall–Kier alpha value is -2.00. The van der Waals surface area contributed by atoms with Gasteiger partial charge in [-0.05, 0) is 30.5 Å². The fourth-order valence-corrected chi connectivity index (χ4v) is 2.43. The number of halogens is 1. The molecular weight excluding hydrogens is 296 g/mol. The van der Waals surface area contributed by atoms with Crippen LogP contribution in [0.15, 0.2) is 54.6 Å². The molecule has 0 saturated carbocycles. The lowest BCUT2D eigenvalue weighted by Crippen LogP contribution is -2.27. The second-order valence-corrected chi connectivity index (χ2v) is 5.46. The van der Waals surface area contributed by atoms with E-state index in [1.165, 1.54) is 11.1 Å². The van der Waals surface area contributed by atoms with Gasteiger partial charge in [0.05, 0.1) is 6.04 Å². The molecule has 0 aromatic heterocycles. The molecule has 0 aliphatic heterocycles. The van der Waals surface area contributed by atoms with Crippen molar-refractivity contribution in [1.29, 1.82) is 0 Å². The Morgan fingerprint density at radius 2 is 1.77 bits per heavy atom. The molecular formula is C18H21ClN2O. The predicted octanol–water partition coefficient (Wildman–Crippen LogP) is 3.89. The fourth-order valence-electron chi connectivity index (χ4n) is 2.33. The number of amides is 1. The molecule has 4 heteroatoms. The summed E-state index contributed by atoms with van der Waals surface area (Å²) in [7, 11) is 0. The third-order valence-corrected chi connectivity index (χ3v) is 3.80. The van der Waals surface area contributed by atoms with Crippen molar-refractivity contribution in [3.05, 3.63) is 65.7 Å². The van der Waals surface area contributed by atoms with E-state index in [9.17, 15) is 4.79 Å². The first-order chi connectivity index (χ1) is 10.7. The van der Waals surface area contributed by atoms with Crippen LogP contribution in [-0.2, 0) is 4.79 Å². The molecule has 1 atom stereocenters. The van der Waals surface area contributed by atoms with Gasteiger partial charge in [0.25, 0.3) is 0 Å². The lowest BCUT2D eigenvalue weighted by molar-refractivity contribution is -0.118. The molecule has 0 saturated heterocycles. The van der Waals surface area contributed by atoms with E-state index >= 15 is 0 Å². The van der Waals surface area contributed by atoms with Crippen molar-refractivity contribution < 1.29 is 4.79 Å². The zero-order valence-corrected chi connectivity index (χ0v) is 13.4. The molecule has 0 radical (unpaired) electrons. The summed E-state index contributed by atoms with van der Waals surface area (Å²) in [5, 5.41) is 6.39. The second-order valence-electron chi connectivity index (χ2n) is 5.19. The van der Waals surface area contributed by atoms with Crippen LogP contribution in [0, 0.1) is 6.92 Å². The second kappa shape index (κ2) is 8.44. The van der Waals surface area contributed by atoms with Crippen LogP contribution < -0.4 is 10.6 Å². The van der Waals surface area contributed by atoms with Gasteiger partial charge in [0, 0.05) is 12.2 Å². The maximum absolute atomic E-state index is 11.3. The van der Waals surface area contributed by atoms with Crippen LogP contribution in [0.5, 0.6) is 0 Å². The molecule has 1 amide bonds. The van der Waals surface area contributed by atoms with Gasteiger partial charge >= 0.3 is 0 Å². The van der Waals surface area contributed by atoms with Crippen LogP contribution in [0.4, 0.5) is 5.69 Å². The first-order valence-corrected chi connectivity index (χ1v) is 7.94. The molecule has 0 spiro atoms. The van der Waals surface area contributed by atoms with Crippen molar-refractivity contribution in [2.24, 2.45) is 0 Å². The number of rotatable bonds is 7. The van der Waals surface area contributed by atoms with Crippen LogP contribution >= 0.6 is 11.6 Å². The normalized spacial score (nSPS) is 11.7. The minimum atomic E-state index is -0.135. The van der Waals surface area contributed by atoms with Crippen molar-refractivity contribution in [1.82, 2.24) is 5.32 Å². The van der Waals surface area contributed by atoms with Crippen molar-refractivity contribution in [3.63, 3.8) is 0 Å². The lowest BCUT2D eigenvalue weighted by Gasteiger charge is -2.22. The van der Waals surface area contributed by atoms with E-state index in [1.54, 1.807) is 0 Å². The van der Waals surface area contributed by atoms with E-state index in [1.807, 2.05) is 30.3 Å². The summed E-state index contributed by atoms with van der Waals surface area (Å²) >= 11 is 5.51. The molecule has 1 unspecified atom stereocenters. The highest BCUT2D eigenvalue weighted by Crippen LogP contribution is 2.24. The molecule has 116 valence electrons. The molecule has 2 N–H and O–H groups in total. The Labute approximate surface area is 136 Å². The largest absolute Gasteiger partial charge is 0.378 e. The maximum Gasteiger partial charge on any atom is 0.234 e. The number of anilines is 1. The first-order valence-electron chi connectivity index (χ1n) is 7.40. The number of benzene rings is 2. The quantitative estimate of drug-likeness (QED) is 0.761. The summed E-state index contributed by atoms with van der Waals surface area (Å²) in [5.74, 6) is -0.134. The zero-order valence-electron chi connectivity index (χ0n) is 12.7. The summed E-state index contributed by atoms with van der Waals surface area (Å²) in [6.45, 7) is 2.67. The summed E-state index contributed by atoms with van der Waals surface area (Å²) in [6, 6.07) is 18.6. The van der Waals surface area contributed by atoms with E-state index < -0.39 is 0 Å². The Morgan fingerprint density at radius 3 is 2.45 bits per heavy atom. The van der Waals surface area contributed by atoms with E-state index in [2.05, 4.69) is 41.8 Å². The van der Waals surface area contributed by atoms with E-state index in [-0.39, 0.29) is 17.8 Å². The molecule has 0 bridgehead atoms. The highest BCUT2D eigenvalue weighted by molar-refractivity contribution is 6.27. The molecule has 2 rings (SSSR count). The number of hydrogen-bond donors (Lipinski definition) is 2. The Balaban J connectivity index is 2.08. The maximum atomic E-state index is 11.3. The highest BCUT2D eigenvalue weighted by atomic mass is 35.5. The minimum Gasteiger partial charge on any atom is -0.378 e. The summed E-state index contributed by atoms with van der Waals surface area (Å²) in [4.78, 5) is 11.3. The first kappa shape index (κ1) is 16.4. The number of carbonyl (C=O) groups excluding carboxylic acids is 1. The monoisotopic (exact) mass is 316 g/mol. The number of carbonyl (C=O) groups is 1. The van der Waals surface area contributed by atoms with Crippen molar-refractivity contribution >= 4 is 23.2 Å². The predicted molar refractivity (Wildman–Crippen MR) is 92.3 cm³/mol. The van der Waals surface area contributed by atoms with Crippen LogP contribution in [-0.4, -0.2) is 18.3 Å². The molecule has 0 aliphatic carbocycles. The van der Waals surface area contributed by atoms with Gasteiger partial charge in [0.1, 0.15) is 5.88 Å². The van der Waals surface area contributed by atoms with Gasteiger partial charge < -0.3 is 10.6 Å². The molecule has 0 heterocycles. The summed E-state index contributed by atoms with van der Waals surface area (Å²) in [5.41, 5.74) is 3.51. The van der Waals surface area contributed by atoms with E-state index in [0.29, 0.717) is 6.54 Å². The van der Waals surface area contributed by atoms with Crippen LogP contribution in [0.3, 0.4) is 0 Å². The van der Waals surface area contributed by atoms with E-state index in [4.69, 9.17) is 11.6 Å². The smallest absolute Gasteiger partial charge is 0.234 e. The molecule has 2 aromatic carbocycles. The molecule has 22 heavy (non-hydrogen) atoms. The molecule has 0 fully saturated rings. The van der Waals surface area contributed by atoms with Gasteiger partial charge in [0.15, 0.2) is 0 Å². The Morgan fingerprint density at radius 1 is 1.09 bits per heavy atom.